The molecule has 2 aromatic rings. The van der Waals surface area contributed by atoms with E-state index in [2.05, 4.69) is 15.3 Å². The van der Waals surface area contributed by atoms with Gasteiger partial charge in [-0.25, -0.2) is 4.79 Å². The van der Waals surface area contributed by atoms with Gasteiger partial charge in [0.15, 0.2) is 11.2 Å². The number of methoxy groups -OCH3 is 1. The van der Waals surface area contributed by atoms with Crippen LogP contribution in [-0.4, -0.2) is 38.9 Å². The summed E-state index contributed by atoms with van der Waals surface area (Å²) in [5.41, 5.74) is -0.155. The van der Waals surface area contributed by atoms with Crippen LogP contribution in [-0.2, 0) is 18.8 Å². The molecule has 0 aliphatic rings. The average Bonchev–Trinajstić information content (AvgIpc) is 2.84. The summed E-state index contributed by atoms with van der Waals surface area (Å²) in [6, 6.07) is 0. The van der Waals surface area contributed by atoms with Crippen LogP contribution in [0.4, 0.5) is 5.95 Å². The molecule has 0 saturated carbocycles. The minimum Gasteiger partial charge on any atom is -0.380 e. The van der Waals surface area contributed by atoms with E-state index in [0.717, 1.165) is 4.57 Å². The van der Waals surface area contributed by atoms with Crippen LogP contribution in [0.5, 0.6) is 0 Å². The molecule has 2 aromatic heterocycles. The normalized spacial score (nSPS) is 12.8. The number of imidazole rings is 1. The van der Waals surface area contributed by atoms with Gasteiger partial charge >= 0.3 is 5.69 Å². The van der Waals surface area contributed by atoms with Crippen molar-refractivity contribution < 1.29 is 4.74 Å². The molecule has 0 amide bonds. The summed E-state index contributed by atoms with van der Waals surface area (Å²) in [5, 5.41) is 3.02. The van der Waals surface area contributed by atoms with Gasteiger partial charge in [-0.2, -0.15) is 4.98 Å². The molecule has 2 N–H and O–H groups in total. The largest absolute Gasteiger partial charge is 0.380 e. The highest BCUT2D eigenvalue weighted by Crippen LogP contribution is 2.08. The third kappa shape index (κ3) is 2.26. The Hall–Kier alpha value is -2.09. The molecule has 0 aromatic carbocycles. The zero-order chi connectivity index (χ0) is 14.2. The molecule has 0 bridgehead atoms. The van der Waals surface area contributed by atoms with Gasteiger partial charge in [0.1, 0.15) is 0 Å². The molecular formula is C11H17N5O3. The number of rotatable bonds is 4. The number of H-pyrrole nitrogens is 1. The highest BCUT2D eigenvalue weighted by atomic mass is 16.5. The van der Waals surface area contributed by atoms with Crippen molar-refractivity contribution in [1.82, 2.24) is 19.1 Å². The van der Waals surface area contributed by atoms with Crippen LogP contribution in [0.25, 0.3) is 11.2 Å². The molecule has 0 fully saturated rings. The molecule has 104 valence electrons. The number of nitrogens with zero attached hydrogens (tertiary/aromatic N) is 3. The van der Waals surface area contributed by atoms with Crippen LogP contribution < -0.4 is 16.6 Å². The molecule has 0 spiro atoms. The Bertz CT molecular complexity index is 711. The van der Waals surface area contributed by atoms with Gasteiger partial charge < -0.3 is 15.0 Å². The van der Waals surface area contributed by atoms with Crippen molar-refractivity contribution in [3.8, 4) is 0 Å². The monoisotopic (exact) mass is 267 g/mol. The first kappa shape index (κ1) is 13.3. The van der Waals surface area contributed by atoms with Gasteiger partial charge in [0.05, 0.1) is 6.10 Å². The van der Waals surface area contributed by atoms with Crippen molar-refractivity contribution in [2.24, 2.45) is 14.1 Å². The van der Waals surface area contributed by atoms with E-state index < -0.39 is 11.2 Å². The number of fused-ring (bicyclic) bond motifs is 1. The number of aryl methyl sites for hydroxylation is 1. The van der Waals surface area contributed by atoms with Gasteiger partial charge in [0, 0.05) is 27.7 Å². The van der Waals surface area contributed by atoms with Crippen LogP contribution >= 0.6 is 0 Å². The Morgan fingerprint density at radius 3 is 2.68 bits per heavy atom. The Kier molecular flexibility index (Phi) is 3.43. The molecule has 2 heterocycles. The topological polar surface area (TPSA) is 93.9 Å². The molecule has 8 nitrogen and oxygen atoms in total. The predicted molar refractivity (Wildman–Crippen MR) is 71.5 cm³/mol. The number of hydrogen-bond acceptors (Lipinski definition) is 5. The van der Waals surface area contributed by atoms with Crippen LogP contribution in [0.1, 0.15) is 6.92 Å². The van der Waals surface area contributed by atoms with E-state index in [9.17, 15) is 9.59 Å². The summed E-state index contributed by atoms with van der Waals surface area (Å²) in [6.07, 6.45) is 0.0138. The number of ether oxygens (including phenoxy) is 1. The third-order valence-electron chi connectivity index (χ3n) is 3.05. The van der Waals surface area contributed by atoms with Crippen molar-refractivity contribution in [2.75, 3.05) is 19.0 Å². The fourth-order valence-corrected chi connectivity index (χ4v) is 1.73. The van der Waals surface area contributed by atoms with Crippen LogP contribution in [0, 0.1) is 0 Å². The van der Waals surface area contributed by atoms with Gasteiger partial charge in [0.25, 0.3) is 5.56 Å². The van der Waals surface area contributed by atoms with E-state index in [4.69, 9.17) is 4.74 Å². The Labute approximate surface area is 109 Å². The standard InChI is InChI=1S/C11H17N5O3/c1-6(19-4)5-12-10-13-7-8(14-10)15(2)11(18)16(3)9(7)17/h6H,5H2,1-4H3,(H2,12,13,14). The lowest BCUT2D eigenvalue weighted by molar-refractivity contribution is 0.128. The maximum atomic E-state index is 11.9. The highest BCUT2D eigenvalue weighted by molar-refractivity contribution is 5.72. The van der Waals surface area contributed by atoms with E-state index in [1.54, 1.807) is 14.2 Å². The van der Waals surface area contributed by atoms with Crippen molar-refractivity contribution in [1.29, 1.82) is 0 Å². The molecule has 0 aliphatic heterocycles. The molecule has 0 aliphatic carbocycles. The van der Waals surface area contributed by atoms with Gasteiger partial charge in [-0.15, -0.1) is 0 Å². The molecule has 8 heteroatoms. The second kappa shape index (κ2) is 4.88. The summed E-state index contributed by atoms with van der Waals surface area (Å²) >= 11 is 0. The molecule has 0 saturated heterocycles. The molecular weight excluding hydrogens is 250 g/mol. The van der Waals surface area contributed by atoms with Gasteiger partial charge in [-0.3, -0.25) is 13.9 Å². The maximum absolute atomic E-state index is 11.9. The highest BCUT2D eigenvalue weighted by Gasteiger charge is 2.13. The summed E-state index contributed by atoms with van der Waals surface area (Å²) in [4.78, 5) is 30.8. The summed E-state index contributed by atoms with van der Waals surface area (Å²) in [7, 11) is 4.63. The number of hydrogen-bond donors (Lipinski definition) is 2. The van der Waals surface area contributed by atoms with Crippen LogP contribution in [0.3, 0.4) is 0 Å². The summed E-state index contributed by atoms with van der Waals surface area (Å²) < 4.78 is 7.48. The van der Waals surface area contributed by atoms with Crippen LogP contribution in [0.2, 0.25) is 0 Å². The first-order valence-electron chi connectivity index (χ1n) is 5.88. The van der Waals surface area contributed by atoms with Crippen molar-refractivity contribution in [3.05, 3.63) is 20.8 Å². The molecule has 0 radical (unpaired) electrons. The molecule has 2 rings (SSSR count). The lowest BCUT2D eigenvalue weighted by Crippen LogP contribution is -2.36. The van der Waals surface area contributed by atoms with Crippen molar-refractivity contribution in [2.45, 2.75) is 13.0 Å². The SMILES string of the molecule is COC(C)CNc1nc2c([nH]1)c(=O)n(C)c(=O)n2C. The lowest BCUT2D eigenvalue weighted by Gasteiger charge is -2.08. The summed E-state index contributed by atoms with van der Waals surface area (Å²) in [6.45, 7) is 2.45. The molecule has 19 heavy (non-hydrogen) atoms. The second-order valence-electron chi connectivity index (χ2n) is 4.42. The fourth-order valence-electron chi connectivity index (χ4n) is 1.73. The number of nitrogens with one attached hydrogen (secondary N) is 2. The third-order valence-corrected chi connectivity index (χ3v) is 3.05. The molecule has 1 atom stereocenters. The van der Waals surface area contributed by atoms with E-state index >= 15 is 0 Å². The second-order valence-corrected chi connectivity index (χ2v) is 4.42. The zero-order valence-electron chi connectivity index (χ0n) is 11.4. The first-order valence-corrected chi connectivity index (χ1v) is 5.88. The Balaban J connectivity index is 2.46. The predicted octanol–water partition coefficient (Wildman–Crippen LogP) is -0.593. The first-order chi connectivity index (χ1) is 8.95. The van der Waals surface area contributed by atoms with Gasteiger partial charge in [-0.1, -0.05) is 0 Å². The number of anilines is 1. The van der Waals surface area contributed by atoms with Crippen LogP contribution in [0.15, 0.2) is 9.59 Å². The minimum absolute atomic E-state index is 0.0138. The van der Waals surface area contributed by atoms with Gasteiger partial charge in [0.2, 0.25) is 5.95 Å². The smallest absolute Gasteiger partial charge is 0.332 e. The van der Waals surface area contributed by atoms with E-state index in [0.29, 0.717) is 23.7 Å². The lowest BCUT2D eigenvalue weighted by atomic mass is 10.4. The average molecular weight is 267 g/mol. The van der Waals surface area contributed by atoms with E-state index in [-0.39, 0.29) is 6.10 Å². The van der Waals surface area contributed by atoms with Crippen molar-refractivity contribution in [3.63, 3.8) is 0 Å². The number of aromatic nitrogens is 4. The Morgan fingerprint density at radius 1 is 1.37 bits per heavy atom. The zero-order valence-corrected chi connectivity index (χ0v) is 11.4. The minimum atomic E-state index is -0.402. The summed E-state index contributed by atoms with van der Waals surface area (Å²) in [5.74, 6) is 0.442. The van der Waals surface area contributed by atoms with Gasteiger partial charge in [-0.05, 0) is 6.92 Å². The molecule has 1 unspecified atom stereocenters. The quantitative estimate of drug-likeness (QED) is 0.772. The van der Waals surface area contributed by atoms with Crippen molar-refractivity contribution >= 4 is 17.1 Å². The Morgan fingerprint density at radius 2 is 2.05 bits per heavy atom. The van der Waals surface area contributed by atoms with E-state index in [1.165, 1.54) is 11.6 Å². The maximum Gasteiger partial charge on any atom is 0.332 e. The number of aromatic amines is 1. The van der Waals surface area contributed by atoms with E-state index in [1.807, 2.05) is 6.92 Å². The fraction of sp³-hybridized carbons (Fsp3) is 0.545.